The highest BCUT2D eigenvalue weighted by Gasteiger charge is 2.28. The second-order valence-electron chi connectivity index (χ2n) is 6.66. The Morgan fingerprint density at radius 2 is 2.00 bits per heavy atom. The fraction of sp³-hybridized carbons (Fsp3) is 0.667. The predicted octanol–water partition coefficient (Wildman–Crippen LogP) is 6.51. The lowest BCUT2D eigenvalue weighted by atomic mass is 10.0. The number of allylic oxidation sites excluding steroid dienone is 5. The molecule has 0 heterocycles. The molecule has 1 aliphatic carbocycles. The van der Waals surface area contributed by atoms with Gasteiger partial charge in [-0.1, -0.05) is 84.5 Å². The molecule has 0 aromatic rings. The van der Waals surface area contributed by atoms with Crippen LogP contribution in [-0.2, 0) is 9.53 Å². The van der Waals surface area contributed by atoms with Crippen molar-refractivity contribution in [3.05, 3.63) is 36.0 Å². The number of rotatable bonds is 11. The summed E-state index contributed by atoms with van der Waals surface area (Å²) in [5, 5.41) is 0.280. The van der Waals surface area contributed by atoms with Crippen molar-refractivity contribution in [2.45, 2.75) is 77.7 Å². The number of carbonyl (C=O) groups is 1. The predicted molar refractivity (Wildman–Crippen MR) is 106 cm³/mol. The zero-order valence-corrected chi connectivity index (χ0v) is 16.9. The fourth-order valence-electron chi connectivity index (χ4n) is 3.03. The summed E-state index contributed by atoms with van der Waals surface area (Å²) in [5.41, 5.74) is 1.25. The number of hydrogen-bond acceptors (Lipinski definition) is 2. The van der Waals surface area contributed by atoms with E-state index in [0.29, 0.717) is 5.92 Å². The van der Waals surface area contributed by atoms with Crippen molar-refractivity contribution in [1.82, 2.24) is 0 Å². The Hall–Kier alpha value is -0.830. The minimum absolute atomic E-state index is 0.0535. The quantitative estimate of drug-likeness (QED) is 0.172. The number of unbranched alkanes of at least 4 members (excludes halogenated alkanes) is 5. The van der Waals surface area contributed by atoms with Crippen molar-refractivity contribution in [3.63, 3.8) is 0 Å². The van der Waals surface area contributed by atoms with Crippen LogP contribution in [-0.4, -0.2) is 17.4 Å². The Kier molecular flexibility index (Phi) is 11.9. The van der Waals surface area contributed by atoms with Gasteiger partial charge in [-0.25, -0.2) is 0 Å². The first-order valence-corrected chi connectivity index (χ1v) is 10.6. The van der Waals surface area contributed by atoms with E-state index in [2.05, 4.69) is 60.2 Å². The first-order chi connectivity index (χ1) is 11.7. The van der Waals surface area contributed by atoms with Gasteiger partial charge in [-0.2, -0.15) is 0 Å². The molecule has 2 atom stereocenters. The molecule has 1 rings (SSSR count). The van der Waals surface area contributed by atoms with Crippen molar-refractivity contribution in [1.29, 1.82) is 0 Å². The van der Waals surface area contributed by atoms with Crippen LogP contribution in [0, 0.1) is 5.92 Å². The molecule has 0 aromatic heterocycles. The summed E-state index contributed by atoms with van der Waals surface area (Å²) in [6.07, 6.45) is 22.1. The van der Waals surface area contributed by atoms with Crippen LogP contribution in [0.25, 0.3) is 0 Å². The molecule has 0 aliphatic heterocycles. The van der Waals surface area contributed by atoms with Crippen molar-refractivity contribution in [2.24, 2.45) is 5.92 Å². The van der Waals surface area contributed by atoms with E-state index in [1.807, 2.05) is 0 Å². The third-order valence-electron chi connectivity index (χ3n) is 4.47. The summed E-state index contributed by atoms with van der Waals surface area (Å²) < 4.78 is 5.49. The van der Waals surface area contributed by atoms with E-state index in [9.17, 15) is 4.79 Å². The Bertz CT molecular complexity index is 437. The molecule has 0 aromatic carbocycles. The minimum atomic E-state index is -0.158. The highest BCUT2D eigenvalue weighted by Crippen LogP contribution is 2.30. The van der Waals surface area contributed by atoms with E-state index in [0.717, 1.165) is 19.3 Å². The normalized spacial score (nSPS) is 21.9. The molecule has 0 saturated heterocycles. The maximum atomic E-state index is 11.4. The molecule has 1 fully saturated rings. The van der Waals surface area contributed by atoms with Gasteiger partial charge in [-0.15, -0.1) is 0 Å². The Morgan fingerprint density at radius 1 is 1.21 bits per heavy atom. The number of halogens is 1. The van der Waals surface area contributed by atoms with Gasteiger partial charge in [-0.3, -0.25) is 4.79 Å². The summed E-state index contributed by atoms with van der Waals surface area (Å²) in [7, 11) is 0. The lowest BCUT2D eigenvalue weighted by Crippen LogP contribution is -2.21. The van der Waals surface area contributed by atoms with Gasteiger partial charge in [-0.05, 0) is 39.0 Å². The molecule has 0 radical (unpaired) electrons. The molecule has 0 spiro atoms. The topological polar surface area (TPSA) is 26.3 Å². The van der Waals surface area contributed by atoms with Crippen LogP contribution >= 0.6 is 15.9 Å². The number of esters is 1. The van der Waals surface area contributed by atoms with Crippen molar-refractivity contribution in [2.75, 3.05) is 5.33 Å². The van der Waals surface area contributed by atoms with Gasteiger partial charge in [0.05, 0.1) is 0 Å². The van der Waals surface area contributed by atoms with Gasteiger partial charge in [0.1, 0.15) is 11.4 Å². The van der Waals surface area contributed by atoms with Crippen LogP contribution in [0.5, 0.6) is 0 Å². The third-order valence-corrected chi connectivity index (χ3v) is 4.93. The van der Waals surface area contributed by atoms with Gasteiger partial charge in [0.2, 0.25) is 0 Å². The van der Waals surface area contributed by atoms with Gasteiger partial charge >= 0.3 is 5.97 Å². The highest BCUT2D eigenvalue weighted by atomic mass is 79.9. The minimum Gasteiger partial charge on any atom is -0.461 e. The molecule has 3 heteroatoms. The number of alkyl halides is 1. The molecular formula is C21H33BrO2. The molecule has 24 heavy (non-hydrogen) atoms. The number of hydrogen-bond donors (Lipinski definition) is 0. The maximum Gasteiger partial charge on any atom is 0.316 e. The zero-order valence-electron chi connectivity index (χ0n) is 15.3. The second kappa shape index (κ2) is 13.5. The SMILES string of the molecule is CCCCCCC/C=C/C=C(C)/C=C/[C@H]1CCC[C@@H]1OC(=O)CBr. The molecule has 0 bridgehead atoms. The van der Waals surface area contributed by atoms with Crippen molar-refractivity contribution < 1.29 is 9.53 Å². The first kappa shape index (κ1) is 21.2. The maximum absolute atomic E-state index is 11.4. The molecular weight excluding hydrogens is 364 g/mol. The van der Waals surface area contributed by atoms with Crippen LogP contribution in [0.2, 0.25) is 0 Å². The van der Waals surface area contributed by atoms with E-state index < -0.39 is 0 Å². The highest BCUT2D eigenvalue weighted by molar-refractivity contribution is 9.09. The summed E-state index contributed by atoms with van der Waals surface area (Å²) in [4.78, 5) is 11.4. The lowest BCUT2D eigenvalue weighted by molar-refractivity contribution is -0.146. The third kappa shape index (κ3) is 9.46. The molecule has 0 N–H and O–H groups in total. The van der Waals surface area contributed by atoms with Crippen molar-refractivity contribution >= 4 is 21.9 Å². The number of ether oxygens (including phenoxy) is 1. The molecule has 136 valence electrons. The average Bonchev–Trinajstić information content (AvgIpc) is 3.02. The summed E-state index contributed by atoms with van der Waals surface area (Å²) >= 11 is 3.15. The van der Waals surface area contributed by atoms with E-state index in [-0.39, 0.29) is 17.4 Å². The van der Waals surface area contributed by atoms with E-state index in [1.54, 1.807) is 0 Å². The smallest absolute Gasteiger partial charge is 0.316 e. The molecule has 1 aliphatic rings. The first-order valence-electron chi connectivity index (χ1n) is 9.44. The van der Waals surface area contributed by atoms with Gasteiger partial charge in [0.15, 0.2) is 0 Å². The second-order valence-corrected chi connectivity index (χ2v) is 7.22. The van der Waals surface area contributed by atoms with Crippen LogP contribution in [0.3, 0.4) is 0 Å². The standard InChI is InChI=1S/C21H33BrO2/c1-3-4-5-6-7-8-9-10-12-18(2)15-16-19-13-11-14-20(19)24-21(23)17-22/h9-10,12,15-16,19-20H,3-8,11,13-14,17H2,1-2H3/b10-9+,16-15+,18-12+/t19-,20+/m1/s1. The summed E-state index contributed by atoms with van der Waals surface area (Å²) in [6, 6.07) is 0. The summed E-state index contributed by atoms with van der Waals surface area (Å²) in [5.74, 6) is 0.202. The number of carbonyl (C=O) groups excluding carboxylic acids is 1. The Balaban J connectivity index is 2.30. The molecule has 0 unspecified atom stereocenters. The van der Waals surface area contributed by atoms with Gasteiger partial charge in [0.25, 0.3) is 0 Å². The van der Waals surface area contributed by atoms with Crippen LogP contribution in [0.15, 0.2) is 36.0 Å². The van der Waals surface area contributed by atoms with Crippen LogP contribution < -0.4 is 0 Å². The van der Waals surface area contributed by atoms with Crippen molar-refractivity contribution in [3.8, 4) is 0 Å². The van der Waals surface area contributed by atoms with Gasteiger partial charge < -0.3 is 4.74 Å². The monoisotopic (exact) mass is 396 g/mol. The Morgan fingerprint density at radius 3 is 2.75 bits per heavy atom. The van der Waals surface area contributed by atoms with E-state index in [1.165, 1.54) is 44.1 Å². The molecule has 1 saturated carbocycles. The Labute approximate surface area is 156 Å². The van der Waals surface area contributed by atoms with E-state index in [4.69, 9.17) is 4.74 Å². The zero-order chi connectivity index (χ0) is 17.6. The lowest BCUT2D eigenvalue weighted by Gasteiger charge is -2.16. The van der Waals surface area contributed by atoms with Crippen LogP contribution in [0.1, 0.15) is 71.6 Å². The van der Waals surface area contributed by atoms with Gasteiger partial charge in [0, 0.05) is 5.92 Å². The molecule has 2 nitrogen and oxygen atoms in total. The molecule has 0 amide bonds. The summed E-state index contributed by atoms with van der Waals surface area (Å²) in [6.45, 7) is 4.37. The average molecular weight is 397 g/mol. The fourth-order valence-corrected chi connectivity index (χ4v) is 3.17. The largest absolute Gasteiger partial charge is 0.461 e. The van der Waals surface area contributed by atoms with Crippen LogP contribution in [0.4, 0.5) is 0 Å². The van der Waals surface area contributed by atoms with E-state index >= 15 is 0 Å².